The van der Waals surface area contributed by atoms with Crippen molar-refractivity contribution in [2.75, 3.05) is 42.3 Å². The Labute approximate surface area is 97.8 Å². The van der Waals surface area contributed by atoms with Gasteiger partial charge in [-0.15, -0.1) is 0 Å². The van der Waals surface area contributed by atoms with Crippen LogP contribution in [0.15, 0.2) is 0 Å². The fourth-order valence-corrected chi connectivity index (χ4v) is 0.750. The van der Waals surface area contributed by atoms with Crippen molar-refractivity contribution in [1.29, 1.82) is 0 Å². The number of rotatable bonds is 1. The van der Waals surface area contributed by atoms with Crippen molar-refractivity contribution in [3.63, 3.8) is 0 Å². The van der Waals surface area contributed by atoms with Crippen LogP contribution in [-0.4, -0.2) is 52.2 Å². The predicted molar refractivity (Wildman–Crippen MR) is 71.9 cm³/mol. The first-order valence-corrected chi connectivity index (χ1v) is 5.92. The lowest BCUT2D eigenvalue weighted by atomic mass is 10.1. The topological polar surface area (TPSA) is 39.1 Å². The Bertz CT molecular complexity index is 135. The summed E-state index contributed by atoms with van der Waals surface area (Å²) in [6.07, 6.45) is 0. The van der Waals surface area contributed by atoms with Crippen LogP contribution in [0.2, 0.25) is 0 Å². The average molecular weight is 237 g/mol. The van der Waals surface area contributed by atoms with Gasteiger partial charge < -0.3 is 10.6 Å². The van der Waals surface area contributed by atoms with E-state index in [0.29, 0.717) is 0 Å². The van der Waals surface area contributed by atoms with Crippen LogP contribution in [0.5, 0.6) is 0 Å². The molecule has 0 spiro atoms. The Morgan fingerprint density at radius 3 is 1.20 bits per heavy atom. The fraction of sp³-hybridized carbons (Fsp3) is 1.00. The van der Waals surface area contributed by atoms with Crippen LogP contribution in [0.4, 0.5) is 0 Å². The van der Waals surface area contributed by atoms with Gasteiger partial charge in [-0.3, -0.25) is 0 Å². The van der Waals surface area contributed by atoms with E-state index in [0.717, 1.165) is 0 Å². The molecule has 0 aromatic heterocycles. The van der Waals surface area contributed by atoms with E-state index in [1.165, 1.54) is 8.52 Å². The molecule has 0 aliphatic heterocycles. The normalized spacial score (nSPS) is 9.67. The van der Waals surface area contributed by atoms with Crippen molar-refractivity contribution in [2.24, 2.45) is 0 Å². The lowest BCUT2D eigenvalue weighted by molar-refractivity contribution is -0.438. The first-order valence-electron chi connectivity index (χ1n) is 5.07. The number of nitrogens with one attached hydrogen (secondary N) is 3. The number of hydrogen-bond donors (Lipinski definition) is 3. The highest BCUT2D eigenvalue weighted by molar-refractivity contribution is 7.21. The van der Waals surface area contributed by atoms with E-state index in [4.69, 9.17) is 0 Å². The van der Waals surface area contributed by atoms with Gasteiger partial charge in [0, 0.05) is 5.54 Å². The van der Waals surface area contributed by atoms with Crippen LogP contribution in [-0.2, 0) is 0 Å². The molecule has 0 amide bonds. The zero-order valence-electron chi connectivity index (χ0n) is 11.9. The molecule has 4 nitrogen and oxygen atoms in total. The first-order chi connectivity index (χ1) is 6.74. The van der Waals surface area contributed by atoms with Crippen LogP contribution in [0, 0.1) is 0 Å². The maximum Gasteiger partial charge on any atom is 0.305 e. The Hall–Kier alpha value is -0.0200. The summed E-state index contributed by atoms with van der Waals surface area (Å²) in [4.78, 5) is 0. The molecule has 0 fully saturated rings. The van der Waals surface area contributed by atoms with E-state index in [2.05, 4.69) is 40.8 Å². The van der Waals surface area contributed by atoms with E-state index in [9.17, 15) is 0 Å². The molecule has 0 heterocycles. The van der Waals surface area contributed by atoms with Gasteiger partial charge in [-0.2, -0.15) is 0 Å². The van der Waals surface area contributed by atoms with Crippen LogP contribution in [0.3, 0.4) is 0 Å². The maximum absolute atomic E-state index is 3.32. The fourth-order valence-electron chi connectivity index (χ4n) is 0.250. The summed E-state index contributed by atoms with van der Waals surface area (Å²) in [5, 5.41) is 8.82. The number of hydrogen-bond acceptors (Lipinski definition) is 2. The molecule has 0 radical (unpaired) electrons. The maximum atomic E-state index is 3.32. The van der Waals surface area contributed by atoms with Crippen molar-refractivity contribution in [3.05, 3.63) is 0 Å². The van der Waals surface area contributed by atoms with Crippen LogP contribution >= 0.6 is 8.52 Å². The second-order valence-corrected chi connectivity index (χ2v) is 5.53. The molecule has 0 saturated heterocycles. The van der Waals surface area contributed by atoms with E-state index >= 15 is 0 Å². The van der Waals surface area contributed by atoms with Gasteiger partial charge in [0.2, 0.25) is 0 Å². The lowest BCUT2D eigenvalue weighted by Crippen LogP contribution is -2.28. The second kappa shape index (κ2) is 14.0. The molecule has 0 unspecified atom stereocenters. The van der Waals surface area contributed by atoms with Gasteiger partial charge in [-0.25, -0.2) is 9.42 Å². The van der Waals surface area contributed by atoms with E-state index in [-0.39, 0.29) is 5.54 Å². The largest absolute Gasteiger partial charge is 0.323 e. The summed E-state index contributed by atoms with van der Waals surface area (Å²) >= 11 is 0. The van der Waals surface area contributed by atoms with Crippen LogP contribution in [0.1, 0.15) is 20.8 Å². The van der Waals surface area contributed by atoms with Crippen LogP contribution < -0.4 is 15.7 Å². The van der Waals surface area contributed by atoms with E-state index in [1.807, 2.05) is 42.3 Å². The summed E-state index contributed by atoms with van der Waals surface area (Å²) in [5.74, 6) is 0. The molecule has 0 rings (SSSR count). The third-order valence-corrected chi connectivity index (χ3v) is 1.76. The molecule has 0 aromatic carbocycles. The first kappa shape index (κ1) is 20.4. The monoisotopic (exact) mass is 237 g/mol. The van der Waals surface area contributed by atoms with Gasteiger partial charge in [-0.1, -0.05) is 0 Å². The average Bonchev–Trinajstić information content (AvgIpc) is 2.02. The molecule has 94 valence electrons. The van der Waals surface area contributed by atoms with Crippen molar-refractivity contribution < 1.29 is 4.33 Å². The molecule has 15 heavy (non-hydrogen) atoms. The highest BCUT2D eigenvalue weighted by Gasteiger charge is 2.08. The second-order valence-electron chi connectivity index (χ2n) is 4.31. The van der Waals surface area contributed by atoms with Gasteiger partial charge in [0.05, 0.1) is 0 Å². The molecule has 0 bridgehead atoms. The lowest BCUT2D eigenvalue weighted by Gasteiger charge is -2.13. The van der Waals surface area contributed by atoms with Crippen molar-refractivity contribution in [1.82, 2.24) is 15.7 Å². The van der Waals surface area contributed by atoms with E-state index < -0.39 is 0 Å². The Kier molecular flexibility index (Phi) is 19.0. The summed E-state index contributed by atoms with van der Waals surface area (Å²) in [5.41, 5.74) is 0.228. The molecule has 0 saturated carbocycles. The Balaban J connectivity index is -0.000000200. The molecular formula is C10H30N4P+. The summed E-state index contributed by atoms with van der Waals surface area (Å²) < 4.78 is 2.09. The third-order valence-electron chi connectivity index (χ3n) is 0.585. The summed E-state index contributed by atoms with van der Waals surface area (Å²) in [6, 6.07) is 0. The minimum Gasteiger partial charge on any atom is -0.323 e. The summed E-state index contributed by atoms with van der Waals surface area (Å²) in [6.45, 7) is 6.47. The third kappa shape index (κ3) is 56.1. The van der Waals surface area contributed by atoms with Gasteiger partial charge in [-0.05, 0) is 49.0 Å². The Morgan fingerprint density at radius 2 is 1.13 bits per heavy atom. The summed E-state index contributed by atoms with van der Waals surface area (Å²) in [7, 11) is 12.8. The van der Waals surface area contributed by atoms with Gasteiger partial charge in [0.25, 0.3) is 0 Å². The van der Waals surface area contributed by atoms with Crippen molar-refractivity contribution in [3.8, 4) is 0 Å². The Morgan fingerprint density at radius 1 is 0.867 bits per heavy atom. The van der Waals surface area contributed by atoms with Crippen molar-refractivity contribution >= 4 is 8.52 Å². The molecule has 5 heteroatoms. The van der Waals surface area contributed by atoms with Crippen LogP contribution in [0.25, 0.3) is 0 Å². The minimum atomic E-state index is 0.228. The molecular weight excluding hydrogens is 207 g/mol. The SMILES string of the molecule is CNC.CNC.C[N+](C)=PNC(C)(C)C. The molecule has 0 atom stereocenters. The van der Waals surface area contributed by atoms with Crippen molar-refractivity contribution in [2.45, 2.75) is 26.3 Å². The van der Waals surface area contributed by atoms with Gasteiger partial charge in [0.1, 0.15) is 14.1 Å². The van der Waals surface area contributed by atoms with E-state index in [1.54, 1.807) is 0 Å². The molecule has 0 aliphatic carbocycles. The highest BCUT2D eigenvalue weighted by Crippen LogP contribution is 2.04. The smallest absolute Gasteiger partial charge is 0.305 e. The van der Waals surface area contributed by atoms with Gasteiger partial charge >= 0.3 is 8.52 Å². The highest BCUT2D eigenvalue weighted by atomic mass is 31.1. The molecule has 0 aliphatic rings. The van der Waals surface area contributed by atoms with Gasteiger partial charge in [0.15, 0.2) is 0 Å². The molecule has 0 aromatic rings. The number of nitrogens with zero attached hydrogens (tertiary/aromatic N) is 1. The quantitative estimate of drug-likeness (QED) is 0.603. The molecule has 3 N–H and O–H groups in total. The minimum absolute atomic E-state index is 0.228. The predicted octanol–water partition coefficient (Wildman–Crippen LogP) is 1.36. The zero-order chi connectivity index (χ0) is 12.9. The standard InChI is InChI=1S/C6H15N2P.2C2H7N/c1-6(2,3)7-9-8(4)5;2*1-3-2/h1-5H3;2*3H,1-2H3/p+1. The zero-order valence-corrected chi connectivity index (χ0v) is 12.8.